The first-order chi connectivity index (χ1) is 9.76. The molecule has 0 aromatic carbocycles. The lowest BCUT2D eigenvalue weighted by atomic mass is 10.1. The Kier molecular flexibility index (Phi) is 3.69. The molecule has 0 saturated carbocycles. The summed E-state index contributed by atoms with van der Waals surface area (Å²) >= 11 is 1.73. The van der Waals surface area contributed by atoms with E-state index >= 15 is 0 Å². The van der Waals surface area contributed by atoms with Crippen molar-refractivity contribution in [2.75, 3.05) is 5.32 Å². The molecule has 3 heterocycles. The minimum absolute atomic E-state index is 0.216. The van der Waals surface area contributed by atoms with Crippen LogP contribution in [0.5, 0.6) is 0 Å². The van der Waals surface area contributed by atoms with Crippen LogP contribution in [0, 0.1) is 0 Å². The molecule has 20 heavy (non-hydrogen) atoms. The quantitative estimate of drug-likeness (QED) is 0.768. The Morgan fingerprint density at radius 2 is 2.30 bits per heavy atom. The van der Waals surface area contributed by atoms with Crippen LogP contribution in [-0.4, -0.2) is 14.8 Å². The highest BCUT2D eigenvalue weighted by Gasteiger charge is 2.08. The Morgan fingerprint density at radius 3 is 3.15 bits per heavy atom. The summed E-state index contributed by atoms with van der Waals surface area (Å²) in [4.78, 5) is 4.49. The Balaban J connectivity index is 1.75. The van der Waals surface area contributed by atoms with Gasteiger partial charge >= 0.3 is 0 Å². The number of rotatable bonds is 5. The van der Waals surface area contributed by atoms with Crippen LogP contribution in [0.2, 0.25) is 0 Å². The number of hydrogen-bond acceptors (Lipinski definition) is 4. The summed E-state index contributed by atoms with van der Waals surface area (Å²) in [6.07, 6.45) is 6.97. The number of hydrogen-bond donors (Lipinski definition) is 1. The molecule has 0 aliphatic carbocycles. The molecule has 1 N–H and O–H groups in total. The van der Waals surface area contributed by atoms with Crippen LogP contribution in [0.1, 0.15) is 31.9 Å². The summed E-state index contributed by atoms with van der Waals surface area (Å²) in [5.74, 6) is 0. The lowest BCUT2D eigenvalue weighted by Crippen LogP contribution is -2.06. The monoisotopic (exact) mass is 286 g/mol. The Labute approximate surface area is 122 Å². The number of anilines is 1. The normalized spacial score (nSPS) is 12.7. The molecule has 4 nitrogen and oxygen atoms in total. The third-order valence-corrected chi connectivity index (χ3v) is 4.15. The summed E-state index contributed by atoms with van der Waals surface area (Å²) in [5.41, 5.74) is 3.32. The second-order valence-corrected chi connectivity index (χ2v) is 5.88. The number of nitrogens with one attached hydrogen (secondary N) is 1. The van der Waals surface area contributed by atoms with E-state index in [1.54, 1.807) is 11.3 Å². The number of aromatic nitrogens is 3. The molecule has 0 saturated heterocycles. The maximum Gasteiger partial charge on any atom is 0.0809 e. The average molecular weight is 286 g/mol. The van der Waals surface area contributed by atoms with Gasteiger partial charge in [0.15, 0.2) is 0 Å². The van der Waals surface area contributed by atoms with Gasteiger partial charge in [-0.2, -0.15) is 5.10 Å². The molecule has 0 unspecified atom stereocenters. The van der Waals surface area contributed by atoms with Crippen molar-refractivity contribution in [3.63, 3.8) is 0 Å². The number of nitrogens with zero attached hydrogens (tertiary/aromatic N) is 3. The topological polar surface area (TPSA) is 42.7 Å². The fourth-order valence-corrected chi connectivity index (χ4v) is 3.01. The molecule has 0 bridgehead atoms. The minimum Gasteiger partial charge on any atom is -0.376 e. The van der Waals surface area contributed by atoms with Gasteiger partial charge in [0.1, 0.15) is 0 Å². The molecule has 0 spiro atoms. The van der Waals surface area contributed by atoms with Gasteiger partial charge < -0.3 is 5.32 Å². The van der Waals surface area contributed by atoms with E-state index in [2.05, 4.69) is 53.0 Å². The van der Waals surface area contributed by atoms with Gasteiger partial charge in [0, 0.05) is 18.9 Å². The van der Waals surface area contributed by atoms with E-state index in [1.807, 2.05) is 17.1 Å². The summed E-state index contributed by atoms with van der Waals surface area (Å²) in [6.45, 7) is 5.26. The number of pyridine rings is 1. The fraction of sp³-hybridized carbons (Fsp3) is 0.333. The predicted octanol–water partition coefficient (Wildman–Crippen LogP) is 4.08. The molecular weight excluding hydrogens is 268 g/mol. The number of fused-ring (bicyclic) bond motifs is 1. The van der Waals surface area contributed by atoms with E-state index < -0.39 is 0 Å². The molecule has 0 aliphatic rings. The molecule has 0 aliphatic heterocycles. The van der Waals surface area contributed by atoms with Gasteiger partial charge in [0.05, 0.1) is 28.1 Å². The van der Waals surface area contributed by atoms with Gasteiger partial charge in [0.2, 0.25) is 0 Å². The van der Waals surface area contributed by atoms with E-state index in [4.69, 9.17) is 0 Å². The summed E-state index contributed by atoms with van der Waals surface area (Å²) in [7, 11) is 0. The molecule has 3 rings (SSSR count). The first-order valence-corrected chi connectivity index (χ1v) is 7.76. The zero-order valence-corrected chi connectivity index (χ0v) is 12.5. The van der Waals surface area contributed by atoms with Gasteiger partial charge in [-0.25, -0.2) is 0 Å². The highest BCUT2D eigenvalue weighted by atomic mass is 32.1. The molecule has 1 atom stereocenters. The van der Waals surface area contributed by atoms with E-state index in [1.165, 1.54) is 10.3 Å². The van der Waals surface area contributed by atoms with Crippen molar-refractivity contribution in [1.82, 2.24) is 14.8 Å². The summed E-state index contributed by atoms with van der Waals surface area (Å²) < 4.78 is 3.20. The first kappa shape index (κ1) is 13.1. The standard InChI is InChI=1S/C15H18N4S/c1-3-5-19-10-13(9-17-19)18-11(2)12-7-15-14(16-8-12)4-6-20-15/h4,6-11,18H,3,5H2,1-2H3/t11-/m1/s1. The van der Waals surface area contributed by atoms with Crippen molar-refractivity contribution in [3.05, 3.63) is 41.7 Å². The van der Waals surface area contributed by atoms with Crippen molar-refractivity contribution in [2.24, 2.45) is 0 Å². The van der Waals surface area contributed by atoms with Crippen molar-refractivity contribution in [2.45, 2.75) is 32.9 Å². The minimum atomic E-state index is 0.216. The molecule has 0 fully saturated rings. The fourth-order valence-electron chi connectivity index (χ4n) is 2.22. The zero-order chi connectivity index (χ0) is 13.9. The van der Waals surface area contributed by atoms with Crippen LogP contribution in [-0.2, 0) is 6.54 Å². The third-order valence-electron chi connectivity index (χ3n) is 3.29. The Morgan fingerprint density at radius 1 is 1.40 bits per heavy atom. The van der Waals surface area contributed by atoms with E-state index in [-0.39, 0.29) is 6.04 Å². The van der Waals surface area contributed by atoms with Gasteiger partial charge in [-0.15, -0.1) is 11.3 Å². The number of aryl methyl sites for hydroxylation is 1. The van der Waals surface area contributed by atoms with E-state index in [0.29, 0.717) is 0 Å². The Bertz CT molecular complexity index is 701. The average Bonchev–Trinajstić information content (AvgIpc) is 3.07. The van der Waals surface area contributed by atoms with Crippen LogP contribution in [0.25, 0.3) is 10.2 Å². The molecule has 0 radical (unpaired) electrons. The van der Waals surface area contributed by atoms with Crippen molar-refractivity contribution >= 4 is 27.2 Å². The Hall–Kier alpha value is -1.88. The van der Waals surface area contributed by atoms with Crippen LogP contribution in [0.3, 0.4) is 0 Å². The maximum atomic E-state index is 4.49. The second-order valence-electron chi connectivity index (χ2n) is 4.93. The summed E-state index contributed by atoms with van der Waals surface area (Å²) in [5, 5.41) is 9.89. The lowest BCUT2D eigenvalue weighted by molar-refractivity contribution is 0.603. The van der Waals surface area contributed by atoms with Crippen LogP contribution in [0.15, 0.2) is 36.1 Å². The van der Waals surface area contributed by atoms with E-state index in [9.17, 15) is 0 Å². The highest BCUT2D eigenvalue weighted by molar-refractivity contribution is 7.17. The first-order valence-electron chi connectivity index (χ1n) is 6.88. The maximum absolute atomic E-state index is 4.49. The SMILES string of the molecule is CCCn1cc(N[C@H](C)c2cnc3ccsc3c2)cn1. The van der Waals surface area contributed by atoms with Crippen LogP contribution >= 0.6 is 11.3 Å². The van der Waals surface area contributed by atoms with Gasteiger partial charge in [0.25, 0.3) is 0 Å². The molecule has 104 valence electrons. The van der Waals surface area contributed by atoms with Crippen LogP contribution in [0.4, 0.5) is 5.69 Å². The van der Waals surface area contributed by atoms with E-state index in [0.717, 1.165) is 24.2 Å². The molecular formula is C15H18N4S. The summed E-state index contributed by atoms with van der Waals surface area (Å²) in [6, 6.07) is 4.48. The molecule has 3 aromatic rings. The van der Waals surface area contributed by atoms with Gasteiger partial charge in [-0.05, 0) is 36.4 Å². The third kappa shape index (κ3) is 2.67. The second kappa shape index (κ2) is 5.63. The van der Waals surface area contributed by atoms with Crippen LogP contribution < -0.4 is 5.32 Å². The van der Waals surface area contributed by atoms with Crippen molar-refractivity contribution < 1.29 is 0 Å². The number of thiophene rings is 1. The molecule has 5 heteroatoms. The predicted molar refractivity (Wildman–Crippen MR) is 84.2 cm³/mol. The largest absolute Gasteiger partial charge is 0.376 e. The van der Waals surface area contributed by atoms with Crippen molar-refractivity contribution in [1.29, 1.82) is 0 Å². The highest BCUT2D eigenvalue weighted by Crippen LogP contribution is 2.24. The molecule has 0 amide bonds. The van der Waals surface area contributed by atoms with Gasteiger partial charge in [-0.1, -0.05) is 6.92 Å². The van der Waals surface area contributed by atoms with Crippen molar-refractivity contribution in [3.8, 4) is 0 Å². The lowest BCUT2D eigenvalue weighted by Gasteiger charge is -2.13. The zero-order valence-electron chi connectivity index (χ0n) is 11.7. The smallest absolute Gasteiger partial charge is 0.0809 e. The van der Waals surface area contributed by atoms with Gasteiger partial charge in [-0.3, -0.25) is 9.67 Å². The molecule has 3 aromatic heterocycles.